The van der Waals surface area contributed by atoms with Crippen LogP contribution < -0.4 is 0 Å². The van der Waals surface area contributed by atoms with Gasteiger partial charge in [0.25, 0.3) is 0 Å². The number of sulfonamides is 1. The highest BCUT2D eigenvalue weighted by molar-refractivity contribution is 7.89. The number of nitrogens with zero attached hydrogens (tertiary/aromatic N) is 1. The fraction of sp³-hybridized carbons (Fsp3) is 0.615. The summed E-state index contributed by atoms with van der Waals surface area (Å²) >= 11 is 1.10. The molecule has 1 saturated carbocycles. The molecule has 0 aliphatic heterocycles. The molecule has 118 valence electrons. The molecule has 1 aromatic heterocycles. The molecule has 0 saturated heterocycles. The van der Waals surface area contributed by atoms with Crippen molar-refractivity contribution in [1.82, 2.24) is 4.31 Å². The summed E-state index contributed by atoms with van der Waals surface area (Å²) < 4.78 is 36.9. The van der Waals surface area contributed by atoms with Crippen molar-refractivity contribution < 1.29 is 22.7 Å². The number of thiophene rings is 1. The first-order valence-electron chi connectivity index (χ1n) is 6.60. The Kier molecular flexibility index (Phi) is 5.03. The van der Waals surface area contributed by atoms with Crippen molar-refractivity contribution in [3.05, 3.63) is 15.8 Å². The molecule has 0 aromatic carbocycles. The smallest absolute Gasteiger partial charge is 0.349 e. The molecule has 2 rings (SSSR count). The van der Waals surface area contributed by atoms with Crippen molar-refractivity contribution >= 4 is 27.3 Å². The molecule has 1 aromatic rings. The van der Waals surface area contributed by atoms with Crippen molar-refractivity contribution in [1.29, 1.82) is 0 Å². The summed E-state index contributed by atoms with van der Waals surface area (Å²) in [6.07, 6.45) is 1.69. The zero-order valence-electron chi connectivity index (χ0n) is 12.3. The highest BCUT2D eigenvalue weighted by Crippen LogP contribution is 2.36. The molecule has 0 radical (unpaired) electrons. The number of carbonyl (C=O) groups excluding carboxylic acids is 1. The Balaban J connectivity index is 2.42. The number of rotatable bonds is 7. The van der Waals surface area contributed by atoms with E-state index in [4.69, 9.17) is 4.74 Å². The molecule has 0 atom stereocenters. The molecule has 1 heterocycles. The first-order valence-corrected chi connectivity index (χ1v) is 8.92. The molecular formula is C13H19NO5S2. The van der Waals surface area contributed by atoms with E-state index in [1.807, 2.05) is 0 Å². The molecule has 1 fully saturated rings. The van der Waals surface area contributed by atoms with E-state index >= 15 is 0 Å². The molecular weight excluding hydrogens is 314 g/mol. The van der Waals surface area contributed by atoms with Crippen LogP contribution in [0.25, 0.3) is 0 Å². The van der Waals surface area contributed by atoms with Crippen molar-refractivity contribution in [2.24, 2.45) is 0 Å². The van der Waals surface area contributed by atoms with Crippen molar-refractivity contribution in [2.45, 2.75) is 30.7 Å². The van der Waals surface area contributed by atoms with Crippen LogP contribution in [-0.2, 0) is 19.5 Å². The van der Waals surface area contributed by atoms with E-state index in [-0.39, 0.29) is 15.8 Å². The molecule has 0 N–H and O–H groups in total. The van der Waals surface area contributed by atoms with Crippen LogP contribution in [0, 0.1) is 6.92 Å². The van der Waals surface area contributed by atoms with Gasteiger partial charge in [0.05, 0.1) is 13.7 Å². The van der Waals surface area contributed by atoms with Crippen LogP contribution in [0.3, 0.4) is 0 Å². The summed E-state index contributed by atoms with van der Waals surface area (Å²) in [5.41, 5.74) is 0.573. The van der Waals surface area contributed by atoms with Crippen LogP contribution in [0.2, 0.25) is 0 Å². The number of carbonyl (C=O) groups is 1. The third-order valence-electron chi connectivity index (χ3n) is 3.33. The monoisotopic (exact) mass is 333 g/mol. The summed E-state index contributed by atoms with van der Waals surface area (Å²) in [6.45, 7) is 2.31. The average Bonchev–Trinajstić information content (AvgIpc) is 3.19. The third-order valence-corrected chi connectivity index (χ3v) is 6.67. The Morgan fingerprint density at radius 1 is 1.43 bits per heavy atom. The Labute approximate surface area is 128 Å². The Morgan fingerprint density at radius 3 is 2.62 bits per heavy atom. The second kappa shape index (κ2) is 6.43. The number of methoxy groups -OCH3 is 2. The number of hydrogen-bond acceptors (Lipinski definition) is 6. The fourth-order valence-corrected chi connectivity index (χ4v) is 5.48. The molecule has 8 heteroatoms. The topological polar surface area (TPSA) is 72.9 Å². The van der Waals surface area contributed by atoms with Gasteiger partial charge in [-0.15, -0.1) is 11.3 Å². The van der Waals surface area contributed by atoms with Crippen LogP contribution in [0.5, 0.6) is 0 Å². The van der Waals surface area contributed by atoms with Gasteiger partial charge in [-0.05, 0) is 30.7 Å². The van der Waals surface area contributed by atoms with Gasteiger partial charge >= 0.3 is 5.97 Å². The molecule has 1 aliphatic carbocycles. The standard InChI is InChI=1S/C13H19NO5S2/c1-9-8-20-11(13(15)19-3)12(9)21(16,17)14(6-7-18-2)10-4-5-10/h8,10H,4-7H2,1-3H3. The van der Waals surface area contributed by atoms with Gasteiger partial charge in [0.2, 0.25) is 10.0 Å². The van der Waals surface area contributed by atoms with Gasteiger partial charge < -0.3 is 9.47 Å². The minimum absolute atomic E-state index is 0.00921. The lowest BCUT2D eigenvalue weighted by Gasteiger charge is -2.22. The predicted molar refractivity (Wildman–Crippen MR) is 79.2 cm³/mol. The Bertz CT molecular complexity index is 619. The van der Waals surface area contributed by atoms with Crippen molar-refractivity contribution in [3.8, 4) is 0 Å². The van der Waals surface area contributed by atoms with Gasteiger partial charge in [0.1, 0.15) is 9.77 Å². The van der Waals surface area contributed by atoms with E-state index in [0.717, 1.165) is 24.2 Å². The van der Waals surface area contributed by atoms with Gasteiger partial charge in [0, 0.05) is 19.7 Å². The second-order valence-corrected chi connectivity index (χ2v) is 7.62. The van der Waals surface area contributed by atoms with Gasteiger partial charge in [-0.2, -0.15) is 4.31 Å². The summed E-state index contributed by atoms with van der Waals surface area (Å²) in [6, 6.07) is 0.00921. The molecule has 0 bridgehead atoms. The molecule has 6 nitrogen and oxygen atoms in total. The second-order valence-electron chi connectivity index (χ2n) is 4.91. The van der Waals surface area contributed by atoms with Crippen LogP contribution in [0.1, 0.15) is 28.1 Å². The molecule has 1 aliphatic rings. The lowest BCUT2D eigenvalue weighted by molar-refractivity contribution is 0.0602. The van der Waals surface area contributed by atoms with E-state index < -0.39 is 16.0 Å². The van der Waals surface area contributed by atoms with Crippen LogP contribution in [-0.4, -0.2) is 52.1 Å². The molecule has 0 unspecified atom stereocenters. The Morgan fingerprint density at radius 2 is 2.10 bits per heavy atom. The summed E-state index contributed by atoms with van der Waals surface area (Å²) in [7, 11) is -0.938. The maximum absolute atomic E-state index is 12.9. The predicted octanol–water partition coefficient (Wildman–Crippen LogP) is 1.64. The first-order chi connectivity index (χ1) is 9.93. The summed E-state index contributed by atoms with van der Waals surface area (Å²) in [5, 5.41) is 1.67. The van der Waals surface area contributed by atoms with Crippen molar-refractivity contribution in [2.75, 3.05) is 27.4 Å². The van der Waals surface area contributed by atoms with E-state index in [2.05, 4.69) is 4.74 Å². The largest absolute Gasteiger partial charge is 0.465 e. The minimum Gasteiger partial charge on any atom is -0.465 e. The van der Waals surface area contributed by atoms with Crippen LogP contribution in [0.15, 0.2) is 10.3 Å². The number of ether oxygens (including phenoxy) is 2. The highest BCUT2D eigenvalue weighted by atomic mass is 32.2. The fourth-order valence-electron chi connectivity index (χ4n) is 2.15. The van der Waals surface area contributed by atoms with E-state index in [1.54, 1.807) is 12.3 Å². The van der Waals surface area contributed by atoms with Gasteiger partial charge in [0.15, 0.2) is 0 Å². The Hall–Kier alpha value is -0.960. The third kappa shape index (κ3) is 3.28. The summed E-state index contributed by atoms with van der Waals surface area (Å²) in [4.78, 5) is 12.0. The highest BCUT2D eigenvalue weighted by Gasteiger charge is 2.40. The summed E-state index contributed by atoms with van der Waals surface area (Å²) in [5.74, 6) is -0.617. The van der Waals surface area contributed by atoms with Gasteiger partial charge in [-0.3, -0.25) is 0 Å². The number of esters is 1. The van der Waals surface area contributed by atoms with E-state index in [9.17, 15) is 13.2 Å². The van der Waals surface area contributed by atoms with Gasteiger partial charge in [-0.25, -0.2) is 13.2 Å². The first kappa shape index (κ1) is 16.4. The van der Waals surface area contributed by atoms with Crippen LogP contribution >= 0.6 is 11.3 Å². The van der Waals surface area contributed by atoms with E-state index in [0.29, 0.717) is 18.7 Å². The zero-order chi connectivity index (χ0) is 15.6. The lowest BCUT2D eigenvalue weighted by Crippen LogP contribution is -2.36. The molecule has 0 spiro atoms. The average molecular weight is 333 g/mol. The maximum Gasteiger partial charge on any atom is 0.349 e. The molecule has 0 amide bonds. The van der Waals surface area contributed by atoms with Gasteiger partial charge in [-0.1, -0.05) is 0 Å². The lowest BCUT2D eigenvalue weighted by atomic mass is 10.3. The van der Waals surface area contributed by atoms with E-state index in [1.165, 1.54) is 18.5 Å². The van der Waals surface area contributed by atoms with Crippen molar-refractivity contribution in [3.63, 3.8) is 0 Å². The quantitative estimate of drug-likeness (QED) is 0.709. The maximum atomic E-state index is 12.9. The number of hydrogen-bond donors (Lipinski definition) is 0. The zero-order valence-corrected chi connectivity index (χ0v) is 13.9. The SMILES string of the molecule is COCCN(C1CC1)S(=O)(=O)c1c(C)csc1C(=O)OC. The van der Waals surface area contributed by atoms with Crippen LogP contribution in [0.4, 0.5) is 0 Å². The normalized spacial score (nSPS) is 15.4. The molecule has 21 heavy (non-hydrogen) atoms. The number of aryl methyl sites for hydroxylation is 1. The minimum atomic E-state index is -3.72.